The summed E-state index contributed by atoms with van der Waals surface area (Å²) in [6.07, 6.45) is 9.45. The molecule has 0 fully saturated rings. The Balaban J connectivity index is 2.12. The molecule has 1 aromatic heterocycles. The zero-order chi connectivity index (χ0) is 15.5. The monoisotopic (exact) mass is 314 g/mol. The minimum Gasteiger partial charge on any atom is -0.480 e. The van der Waals surface area contributed by atoms with Crippen molar-refractivity contribution in [3.63, 3.8) is 0 Å². The van der Waals surface area contributed by atoms with E-state index < -0.39 is 18.0 Å². The van der Waals surface area contributed by atoms with Gasteiger partial charge in [0.05, 0.1) is 6.33 Å². The highest BCUT2D eigenvalue weighted by atomic mass is 32.2. The average Bonchev–Trinajstić information content (AvgIpc) is 2.96. The number of carboxylic acid groups (broad SMARTS) is 1. The Kier molecular flexibility index (Phi) is 8.34. The summed E-state index contributed by atoms with van der Waals surface area (Å²) in [5.41, 5.74) is 0. The van der Waals surface area contributed by atoms with E-state index in [4.69, 9.17) is 5.11 Å². The summed E-state index contributed by atoms with van der Waals surface area (Å²) in [6.45, 7) is 1.38. The minimum atomic E-state index is -1.00. The third-order valence-electron chi connectivity index (χ3n) is 2.90. The maximum atomic E-state index is 11.6. The number of aryl methyl sites for hydroxylation is 1. The maximum absolute atomic E-state index is 11.6. The van der Waals surface area contributed by atoms with Crippen LogP contribution < -0.4 is 10.6 Å². The van der Waals surface area contributed by atoms with Gasteiger partial charge in [-0.25, -0.2) is 14.6 Å². The lowest BCUT2D eigenvalue weighted by molar-refractivity contribution is -0.139. The first-order valence-corrected chi connectivity index (χ1v) is 8.24. The van der Waals surface area contributed by atoms with Crippen molar-refractivity contribution in [2.45, 2.75) is 31.8 Å². The second-order valence-electron chi connectivity index (χ2n) is 4.58. The number of hydrogen-bond acceptors (Lipinski definition) is 4. The number of urea groups is 1. The van der Waals surface area contributed by atoms with Crippen LogP contribution in [0.5, 0.6) is 0 Å². The SMILES string of the molecule is CSCCC(NC(=O)NCCCCn1ccnc1)C(=O)O. The van der Waals surface area contributed by atoms with E-state index in [9.17, 15) is 9.59 Å². The Morgan fingerprint density at radius 1 is 1.43 bits per heavy atom. The fraction of sp³-hybridized carbons (Fsp3) is 0.615. The second kappa shape index (κ2) is 10.1. The Morgan fingerprint density at radius 3 is 2.86 bits per heavy atom. The van der Waals surface area contributed by atoms with Gasteiger partial charge in [0, 0.05) is 25.5 Å². The van der Waals surface area contributed by atoms with Crippen molar-refractivity contribution in [3.05, 3.63) is 18.7 Å². The zero-order valence-corrected chi connectivity index (χ0v) is 12.9. The number of nitrogens with zero attached hydrogens (tertiary/aromatic N) is 2. The predicted molar refractivity (Wildman–Crippen MR) is 82.4 cm³/mol. The van der Waals surface area contributed by atoms with E-state index in [1.54, 1.807) is 24.3 Å². The second-order valence-corrected chi connectivity index (χ2v) is 5.57. The van der Waals surface area contributed by atoms with Crippen LogP contribution in [0.2, 0.25) is 0 Å². The van der Waals surface area contributed by atoms with Crippen LogP contribution >= 0.6 is 11.8 Å². The van der Waals surface area contributed by atoms with Crippen molar-refractivity contribution < 1.29 is 14.7 Å². The van der Waals surface area contributed by atoms with Crippen LogP contribution in [0.15, 0.2) is 18.7 Å². The molecule has 0 aliphatic carbocycles. The topological polar surface area (TPSA) is 96.3 Å². The summed E-state index contributed by atoms with van der Waals surface area (Å²) in [5, 5.41) is 14.2. The molecule has 2 amide bonds. The van der Waals surface area contributed by atoms with Crippen molar-refractivity contribution in [3.8, 4) is 0 Å². The lowest BCUT2D eigenvalue weighted by Crippen LogP contribution is -2.46. The Bertz CT molecular complexity index is 425. The van der Waals surface area contributed by atoms with Crippen LogP contribution in [-0.4, -0.2) is 51.3 Å². The zero-order valence-electron chi connectivity index (χ0n) is 12.1. The first kappa shape index (κ1) is 17.4. The molecule has 0 aromatic carbocycles. The largest absolute Gasteiger partial charge is 0.480 e. The van der Waals surface area contributed by atoms with E-state index >= 15 is 0 Å². The van der Waals surface area contributed by atoms with Gasteiger partial charge in [-0.05, 0) is 31.3 Å². The Labute approximate surface area is 128 Å². The number of imidazole rings is 1. The van der Waals surface area contributed by atoms with Crippen LogP contribution in [0, 0.1) is 0 Å². The summed E-state index contributed by atoms with van der Waals surface area (Å²) in [4.78, 5) is 26.5. The van der Waals surface area contributed by atoms with Crippen LogP contribution in [0.3, 0.4) is 0 Å². The molecule has 0 radical (unpaired) electrons. The van der Waals surface area contributed by atoms with Crippen molar-refractivity contribution in [1.82, 2.24) is 20.2 Å². The van der Waals surface area contributed by atoms with Crippen LogP contribution in [0.4, 0.5) is 4.79 Å². The molecule has 1 aromatic rings. The number of thioether (sulfide) groups is 1. The summed E-state index contributed by atoms with van der Waals surface area (Å²) >= 11 is 1.56. The molecule has 1 unspecified atom stereocenters. The maximum Gasteiger partial charge on any atom is 0.326 e. The summed E-state index contributed by atoms with van der Waals surface area (Å²) in [6, 6.07) is -1.26. The van der Waals surface area contributed by atoms with E-state index in [-0.39, 0.29) is 0 Å². The Hall–Kier alpha value is -1.70. The van der Waals surface area contributed by atoms with Gasteiger partial charge in [-0.3, -0.25) is 0 Å². The third-order valence-corrected chi connectivity index (χ3v) is 3.55. The van der Waals surface area contributed by atoms with Gasteiger partial charge in [-0.1, -0.05) is 0 Å². The third kappa shape index (κ3) is 7.60. The molecule has 7 nitrogen and oxygen atoms in total. The molecule has 1 atom stereocenters. The molecule has 0 aliphatic rings. The highest BCUT2D eigenvalue weighted by Gasteiger charge is 2.18. The fourth-order valence-corrected chi connectivity index (χ4v) is 2.21. The van der Waals surface area contributed by atoms with E-state index in [0.717, 1.165) is 19.4 Å². The van der Waals surface area contributed by atoms with Gasteiger partial charge in [0.2, 0.25) is 0 Å². The van der Waals surface area contributed by atoms with Gasteiger partial charge in [0.15, 0.2) is 0 Å². The van der Waals surface area contributed by atoms with Crippen molar-refractivity contribution in [2.24, 2.45) is 0 Å². The molecule has 1 rings (SSSR count). The number of nitrogens with one attached hydrogen (secondary N) is 2. The first-order valence-electron chi connectivity index (χ1n) is 6.85. The van der Waals surface area contributed by atoms with Gasteiger partial charge in [0.1, 0.15) is 6.04 Å². The molecule has 1 heterocycles. The number of aliphatic carboxylic acids is 1. The van der Waals surface area contributed by atoms with E-state index in [1.165, 1.54) is 0 Å². The van der Waals surface area contributed by atoms with Crippen molar-refractivity contribution >= 4 is 23.8 Å². The highest BCUT2D eigenvalue weighted by molar-refractivity contribution is 7.98. The average molecular weight is 314 g/mol. The first-order chi connectivity index (χ1) is 10.1. The number of carboxylic acids is 1. The molecular weight excluding hydrogens is 292 g/mol. The summed E-state index contributed by atoms with van der Waals surface area (Å²) < 4.78 is 1.98. The van der Waals surface area contributed by atoms with E-state index in [0.29, 0.717) is 18.7 Å². The lowest BCUT2D eigenvalue weighted by Gasteiger charge is -2.14. The number of hydrogen-bond donors (Lipinski definition) is 3. The standard InChI is InChI=1S/C13H22N4O3S/c1-21-9-4-11(12(18)19)16-13(20)15-5-2-3-7-17-8-6-14-10-17/h6,8,10-11H,2-5,7,9H2,1H3,(H,18,19)(H2,15,16,20). The number of amides is 2. The molecule has 3 N–H and O–H groups in total. The summed E-state index contributed by atoms with van der Waals surface area (Å²) in [7, 11) is 0. The molecule has 8 heteroatoms. The molecule has 0 saturated carbocycles. The molecule has 118 valence electrons. The quantitative estimate of drug-likeness (QED) is 0.563. The number of carbonyl (C=O) groups excluding carboxylic acids is 1. The molecule has 0 spiro atoms. The van der Waals surface area contributed by atoms with Gasteiger partial charge >= 0.3 is 12.0 Å². The smallest absolute Gasteiger partial charge is 0.326 e. The van der Waals surface area contributed by atoms with Crippen molar-refractivity contribution in [1.29, 1.82) is 0 Å². The van der Waals surface area contributed by atoms with Gasteiger partial charge in [-0.15, -0.1) is 0 Å². The lowest BCUT2D eigenvalue weighted by atomic mass is 10.2. The number of rotatable bonds is 10. The number of unbranched alkanes of at least 4 members (excludes halogenated alkanes) is 1. The van der Waals surface area contributed by atoms with Crippen LogP contribution in [0.1, 0.15) is 19.3 Å². The van der Waals surface area contributed by atoms with Crippen LogP contribution in [-0.2, 0) is 11.3 Å². The van der Waals surface area contributed by atoms with E-state index in [2.05, 4.69) is 15.6 Å². The van der Waals surface area contributed by atoms with Crippen LogP contribution in [0.25, 0.3) is 0 Å². The van der Waals surface area contributed by atoms with Gasteiger partial charge in [-0.2, -0.15) is 11.8 Å². The summed E-state index contributed by atoms with van der Waals surface area (Å²) in [5.74, 6) is -0.304. The molecule has 0 bridgehead atoms. The Morgan fingerprint density at radius 2 is 2.24 bits per heavy atom. The van der Waals surface area contributed by atoms with E-state index in [1.807, 2.05) is 17.0 Å². The molecule has 0 saturated heterocycles. The van der Waals surface area contributed by atoms with Crippen molar-refractivity contribution in [2.75, 3.05) is 18.6 Å². The highest BCUT2D eigenvalue weighted by Crippen LogP contribution is 2.01. The molecule has 0 aliphatic heterocycles. The number of aromatic nitrogens is 2. The predicted octanol–water partition coefficient (Wildman–Crippen LogP) is 1.17. The number of carbonyl (C=O) groups is 2. The molecular formula is C13H22N4O3S. The fourth-order valence-electron chi connectivity index (χ4n) is 1.74. The van der Waals surface area contributed by atoms with Gasteiger partial charge < -0.3 is 20.3 Å². The molecule has 21 heavy (non-hydrogen) atoms. The normalized spacial score (nSPS) is 11.9. The van der Waals surface area contributed by atoms with Gasteiger partial charge in [0.25, 0.3) is 0 Å². The minimum absolute atomic E-state index is 0.421.